The molecule has 19 heavy (non-hydrogen) atoms. The van der Waals surface area contributed by atoms with Crippen LogP contribution in [-0.2, 0) is 0 Å². The predicted octanol–water partition coefficient (Wildman–Crippen LogP) is 3.58. The molecular formula is C11H14F6OS. The molecule has 2 fully saturated rings. The van der Waals surface area contributed by atoms with Crippen LogP contribution in [0.25, 0.3) is 0 Å². The molecule has 0 aromatic heterocycles. The van der Waals surface area contributed by atoms with Crippen molar-refractivity contribution >= 4 is 12.6 Å². The normalized spacial score (nSPS) is 36.0. The highest BCUT2D eigenvalue weighted by Gasteiger charge is 2.71. The van der Waals surface area contributed by atoms with Gasteiger partial charge in [-0.25, -0.2) is 0 Å². The molecule has 0 aromatic rings. The van der Waals surface area contributed by atoms with Crippen LogP contribution in [0.3, 0.4) is 0 Å². The highest BCUT2D eigenvalue weighted by atomic mass is 32.1. The number of thiol groups is 1. The summed E-state index contributed by atoms with van der Waals surface area (Å²) in [5, 5.41) is 9.03. The third-order valence-corrected chi connectivity index (χ3v) is 5.01. The minimum atomic E-state index is -5.71. The zero-order chi connectivity index (χ0) is 14.6. The lowest BCUT2D eigenvalue weighted by atomic mass is 9.79. The van der Waals surface area contributed by atoms with Crippen LogP contribution in [0, 0.1) is 17.8 Å². The van der Waals surface area contributed by atoms with Gasteiger partial charge in [-0.05, 0) is 43.4 Å². The fourth-order valence-corrected chi connectivity index (χ4v) is 4.13. The van der Waals surface area contributed by atoms with Gasteiger partial charge >= 0.3 is 12.4 Å². The summed E-state index contributed by atoms with van der Waals surface area (Å²) in [5.74, 6) is -0.887. The van der Waals surface area contributed by atoms with Crippen molar-refractivity contribution in [3.8, 4) is 0 Å². The van der Waals surface area contributed by atoms with Crippen LogP contribution in [0.1, 0.15) is 25.7 Å². The SMILES string of the molecule is OC(CC1CC2CC1[C@@H](S)C2)(C(F)(F)F)C(F)(F)F. The molecule has 4 atom stereocenters. The van der Waals surface area contributed by atoms with E-state index in [1.807, 2.05) is 0 Å². The van der Waals surface area contributed by atoms with Crippen molar-refractivity contribution in [1.29, 1.82) is 0 Å². The first-order chi connectivity index (χ1) is 8.46. The molecule has 3 unspecified atom stereocenters. The summed E-state index contributed by atoms with van der Waals surface area (Å²) in [7, 11) is 0. The maximum atomic E-state index is 12.6. The molecule has 1 nitrogen and oxygen atoms in total. The van der Waals surface area contributed by atoms with Crippen molar-refractivity contribution < 1.29 is 31.4 Å². The molecule has 112 valence electrons. The molecule has 2 saturated carbocycles. The van der Waals surface area contributed by atoms with Crippen molar-refractivity contribution in [3.05, 3.63) is 0 Å². The standard InChI is InChI=1S/C11H14F6OS/c12-10(13,14)9(18,11(15,16)17)4-6-1-5-2-7(6)8(19)3-5/h5-8,18-19H,1-4H2/t5?,6?,7?,8-/m0/s1. The van der Waals surface area contributed by atoms with E-state index in [1.165, 1.54) is 0 Å². The number of halogens is 6. The van der Waals surface area contributed by atoms with Crippen molar-refractivity contribution in [2.45, 2.75) is 48.9 Å². The van der Waals surface area contributed by atoms with Crippen LogP contribution in [0.15, 0.2) is 0 Å². The third-order valence-electron chi connectivity index (χ3n) is 4.41. The number of rotatable bonds is 2. The smallest absolute Gasteiger partial charge is 0.374 e. The van der Waals surface area contributed by atoms with E-state index >= 15 is 0 Å². The van der Waals surface area contributed by atoms with Gasteiger partial charge in [0.05, 0.1) is 0 Å². The first-order valence-electron chi connectivity index (χ1n) is 5.99. The van der Waals surface area contributed by atoms with Gasteiger partial charge in [-0.3, -0.25) is 0 Å². The van der Waals surface area contributed by atoms with E-state index in [9.17, 15) is 31.4 Å². The topological polar surface area (TPSA) is 20.2 Å². The van der Waals surface area contributed by atoms with E-state index in [0.717, 1.165) is 6.42 Å². The molecule has 2 bridgehead atoms. The lowest BCUT2D eigenvalue weighted by molar-refractivity contribution is -0.373. The van der Waals surface area contributed by atoms with Gasteiger partial charge in [0.2, 0.25) is 0 Å². The van der Waals surface area contributed by atoms with Crippen LogP contribution < -0.4 is 0 Å². The number of hydrogen-bond donors (Lipinski definition) is 2. The molecule has 0 saturated heterocycles. The number of hydrogen-bond acceptors (Lipinski definition) is 2. The summed E-state index contributed by atoms with van der Waals surface area (Å²) < 4.78 is 75.6. The monoisotopic (exact) mass is 308 g/mol. The van der Waals surface area contributed by atoms with Gasteiger partial charge in [0.15, 0.2) is 0 Å². The number of fused-ring (bicyclic) bond motifs is 2. The average molecular weight is 308 g/mol. The van der Waals surface area contributed by atoms with Crippen molar-refractivity contribution in [3.63, 3.8) is 0 Å². The zero-order valence-electron chi connectivity index (χ0n) is 9.80. The van der Waals surface area contributed by atoms with Crippen LogP contribution in [0.2, 0.25) is 0 Å². The number of alkyl halides is 6. The summed E-state index contributed by atoms with van der Waals surface area (Å²) in [4.78, 5) is 0. The third kappa shape index (κ3) is 2.46. The zero-order valence-corrected chi connectivity index (χ0v) is 10.7. The maximum absolute atomic E-state index is 12.6. The van der Waals surface area contributed by atoms with E-state index in [2.05, 4.69) is 12.6 Å². The Kier molecular flexibility index (Phi) is 3.57. The second kappa shape index (κ2) is 4.44. The Hall–Kier alpha value is -0.110. The fourth-order valence-electron chi connectivity index (χ4n) is 3.46. The van der Waals surface area contributed by atoms with Crippen molar-refractivity contribution in [2.24, 2.45) is 17.8 Å². The first-order valence-corrected chi connectivity index (χ1v) is 6.51. The molecule has 0 heterocycles. The van der Waals surface area contributed by atoms with Gasteiger partial charge in [0.1, 0.15) is 0 Å². The molecular weight excluding hydrogens is 294 g/mol. The Bertz CT molecular complexity index is 338. The predicted molar refractivity (Wildman–Crippen MR) is 58.8 cm³/mol. The second-order valence-electron chi connectivity index (χ2n) is 5.62. The van der Waals surface area contributed by atoms with Crippen molar-refractivity contribution in [1.82, 2.24) is 0 Å². The molecule has 0 spiro atoms. The molecule has 0 radical (unpaired) electrons. The summed E-state index contributed by atoms with van der Waals surface area (Å²) in [6.07, 6.45) is -11.1. The van der Waals surface area contributed by atoms with E-state index in [4.69, 9.17) is 0 Å². The highest BCUT2D eigenvalue weighted by molar-refractivity contribution is 7.81. The lowest BCUT2D eigenvalue weighted by Gasteiger charge is -2.37. The maximum Gasteiger partial charge on any atom is 0.426 e. The minimum Gasteiger partial charge on any atom is -0.374 e. The van der Waals surface area contributed by atoms with Crippen LogP contribution in [0.5, 0.6) is 0 Å². The first kappa shape index (κ1) is 15.3. The van der Waals surface area contributed by atoms with Crippen LogP contribution >= 0.6 is 12.6 Å². The van der Waals surface area contributed by atoms with Crippen molar-refractivity contribution in [2.75, 3.05) is 0 Å². The van der Waals surface area contributed by atoms with Gasteiger partial charge in [0, 0.05) is 5.25 Å². The van der Waals surface area contributed by atoms with Gasteiger partial charge < -0.3 is 5.11 Å². The van der Waals surface area contributed by atoms with E-state index in [1.54, 1.807) is 0 Å². The second-order valence-corrected chi connectivity index (χ2v) is 6.29. The Morgan fingerprint density at radius 2 is 1.47 bits per heavy atom. The lowest BCUT2D eigenvalue weighted by Crippen LogP contribution is -2.58. The van der Waals surface area contributed by atoms with E-state index in [0.29, 0.717) is 12.8 Å². The van der Waals surface area contributed by atoms with Gasteiger partial charge in [-0.2, -0.15) is 39.0 Å². The van der Waals surface area contributed by atoms with Gasteiger partial charge in [-0.1, -0.05) is 0 Å². The summed E-state index contributed by atoms with van der Waals surface area (Å²) in [6.45, 7) is 0. The number of aliphatic hydroxyl groups is 1. The largest absolute Gasteiger partial charge is 0.426 e. The molecule has 0 aromatic carbocycles. The average Bonchev–Trinajstić information content (AvgIpc) is 2.72. The Morgan fingerprint density at radius 1 is 0.947 bits per heavy atom. The van der Waals surface area contributed by atoms with E-state index in [-0.39, 0.29) is 17.1 Å². The summed E-state index contributed by atoms with van der Waals surface area (Å²) >= 11 is 4.21. The van der Waals surface area contributed by atoms with Crippen LogP contribution in [-0.4, -0.2) is 28.3 Å². The molecule has 0 aliphatic heterocycles. The Balaban J connectivity index is 2.19. The molecule has 8 heteroatoms. The molecule has 0 amide bonds. The molecule has 2 rings (SSSR count). The highest BCUT2D eigenvalue weighted by Crippen LogP contribution is 2.56. The summed E-state index contributed by atoms with van der Waals surface area (Å²) in [6, 6.07) is 0. The minimum absolute atomic E-state index is 0.142. The Labute approximate surface area is 111 Å². The van der Waals surface area contributed by atoms with Gasteiger partial charge in [0.25, 0.3) is 5.60 Å². The molecule has 1 N–H and O–H groups in total. The quantitative estimate of drug-likeness (QED) is 0.590. The molecule has 2 aliphatic carbocycles. The van der Waals surface area contributed by atoms with Crippen LogP contribution in [0.4, 0.5) is 26.3 Å². The van der Waals surface area contributed by atoms with Gasteiger partial charge in [-0.15, -0.1) is 0 Å². The summed E-state index contributed by atoms with van der Waals surface area (Å²) in [5.41, 5.74) is -4.61. The Morgan fingerprint density at radius 3 is 1.84 bits per heavy atom. The molecule has 2 aliphatic rings. The van der Waals surface area contributed by atoms with E-state index < -0.39 is 30.3 Å². The fraction of sp³-hybridized carbons (Fsp3) is 1.00.